The van der Waals surface area contributed by atoms with E-state index in [9.17, 15) is 28.1 Å². The summed E-state index contributed by atoms with van der Waals surface area (Å²) in [6.07, 6.45) is 0.895. The molecule has 1 atom stereocenters. The molecule has 2 aromatic rings. The Bertz CT molecular complexity index is 1200. The van der Waals surface area contributed by atoms with Gasteiger partial charge in [-0.2, -0.15) is 4.31 Å². The van der Waals surface area contributed by atoms with Crippen LogP contribution in [0, 0.1) is 10.1 Å². The van der Waals surface area contributed by atoms with Crippen LogP contribution in [0.4, 0.5) is 11.4 Å². The number of nitro groups is 1. The molecule has 1 aliphatic rings. The number of carbonyl (C=O) groups is 2. The molecule has 0 radical (unpaired) electrons. The van der Waals surface area contributed by atoms with Gasteiger partial charge in [0.1, 0.15) is 0 Å². The number of anilines is 1. The normalized spacial score (nSPS) is 15.4. The first kappa shape index (κ1) is 25.6. The first-order valence-corrected chi connectivity index (χ1v) is 12.4. The fraction of sp³-hybridized carbons (Fsp3) is 0.364. The van der Waals surface area contributed by atoms with Gasteiger partial charge in [0.05, 0.1) is 26.9 Å². The molecule has 12 heteroatoms. The largest absolute Gasteiger partial charge is 0.452 e. The molecule has 2 aromatic carbocycles. The smallest absolute Gasteiger partial charge is 0.311 e. The van der Waals surface area contributed by atoms with E-state index < -0.39 is 32.9 Å². The van der Waals surface area contributed by atoms with Crippen LogP contribution in [0.15, 0.2) is 47.4 Å². The summed E-state index contributed by atoms with van der Waals surface area (Å²) in [4.78, 5) is 35.3. The Morgan fingerprint density at radius 3 is 2.53 bits per heavy atom. The maximum Gasteiger partial charge on any atom is 0.311 e. The van der Waals surface area contributed by atoms with E-state index >= 15 is 0 Å². The molecule has 0 bridgehead atoms. The molecular formula is C22H24ClN3O7S. The highest BCUT2D eigenvalue weighted by Crippen LogP contribution is 2.28. The molecule has 1 heterocycles. The Balaban J connectivity index is 1.67. The molecule has 1 aliphatic heterocycles. The number of piperidine rings is 1. The van der Waals surface area contributed by atoms with E-state index in [0.29, 0.717) is 13.1 Å². The van der Waals surface area contributed by atoms with Crippen molar-refractivity contribution in [1.29, 1.82) is 0 Å². The van der Waals surface area contributed by atoms with E-state index in [1.807, 2.05) is 0 Å². The lowest BCUT2D eigenvalue weighted by Gasteiger charge is -2.26. The van der Waals surface area contributed by atoms with E-state index in [1.54, 1.807) is 6.07 Å². The van der Waals surface area contributed by atoms with Crippen LogP contribution in [-0.2, 0) is 30.8 Å². The van der Waals surface area contributed by atoms with Gasteiger partial charge in [0.25, 0.3) is 11.6 Å². The van der Waals surface area contributed by atoms with Crippen LogP contribution < -0.4 is 5.32 Å². The Morgan fingerprint density at radius 1 is 1.18 bits per heavy atom. The van der Waals surface area contributed by atoms with Gasteiger partial charge in [-0.1, -0.05) is 36.2 Å². The van der Waals surface area contributed by atoms with Crippen molar-refractivity contribution in [2.24, 2.45) is 0 Å². The number of esters is 1. The maximum absolute atomic E-state index is 12.9. The van der Waals surface area contributed by atoms with Crippen molar-refractivity contribution in [3.63, 3.8) is 0 Å². The van der Waals surface area contributed by atoms with E-state index in [-0.39, 0.29) is 33.3 Å². The molecule has 1 unspecified atom stereocenters. The maximum atomic E-state index is 12.9. The number of hydrogen-bond acceptors (Lipinski definition) is 7. The number of halogens is 1. The summed E-state index contributed by atoms with van der Waals surface area (Å²) < 4.78 is 32.3. The van der Waals surface area contributed by atoms with Crippen LogP contribution in [0.3, 0.4) is 0 Å². The number of nitrogens with zero attached hydrogens (tertiary/aromatic N) is 2. The second-order valence-electron chi connectivity index (χ2n) is 7.79. The highest BCUT2D eigenvalue weighted by Gasteiger charge is 2.27. The Hall–Kier alpha value is -3.02. The summed E-state index contributed by atoms with van der Waals surface area (Å²) in [6.45, 7) is 2.19. The molecule has 1 fully saturated rings. The molecule has 1 saturated heterocycles. The quantitative estimate of drug-likeness (QED) is 0.326. The molecule has 182 valence electrons. The van der Waals surface area contributed by atoms with Gasteiger partial charge < -0.3 is 10.1 Å². The minimum atomic E-state index is -3.74. The molecule has 0 aliphatic carbocycles. The Morgan fingerprint density at radius 2 is 1.85 bits per heavy atom. The lowest BCUT2D eigenvalue weighted by atomic mass is 10.1. The van der Waals surface area contributed by atoms with E-state index in [1.165, 1.54) is 47.6 Å². The lowest BCUT2D eigenvalue weighted by Crippen LogP contribution is -2.35. The fourth-order valence-corrected chi connectivity index (χ4v) is 5.24. The highest BCUT2D eigenvalue weighted by molar-refractivity contribution is 7.89. The fourth-order valence-electron chi connectivity index (χ4n) is 3.54. The minimum Gasteiger partial charge on any atom is -0.452 e. The predicted octanol–water partition coefficient (Wildman–Crippen LogP) is 3.54. The average Bonchev–Trinajstić information content (AvgIpc) is 2.81. The summed E-state index contributed by atoms with van der Waals surface area (Å²) in [5, 5.41) is 13.7. The number of nitro benzene ring substituents is 1. The van der Waals surface area contributed by atoms with Gasteiger partial charge in [-0.3, -0.25) is 19.7 Å². The van der Waals surface area contributed by atoms with Crippen molar-refractivity contribution in [1.82, 2.24) is 4.31 Å². The van der Waals surface area contributed by atoms with Gasteiger partial charge in [-0.05, 0) is 38.0 Å². The lowest BCUT2D eigenvalue weighted by molar-refractivity contribution is -0.385. The standard InChI is InChI=1S/C22H24ClN3O7S/c1-15(33-21(27)13-16-7-3-4-8-20(16)26(29)30)22(28)24-19-14-17(9-10-18(19)23)34(31,32)25-11-5-2-6-12-25/h3-4,7-10,14-15H,2,5-6,11-13H2,1H3,(H,24,28). The second kappa shape index (κ2) is 10.9. The minimum absolute atomic E-state index is 0.00450. The first-order valence-electron chi connectivity index (χ1n) is 10.6. The highest BCUT2D eigenvalue weighted by atomic mass is 35.5. The SMILES string of the molecule is CC(OC(=O)Cc1ccccc1[N+](=O)[O-])C(=O)Nc1cc(S(=O)(=O)N2CCCCC2)ccc1Cl. The van der Waals surface area contributed by atoms with Gasteiger partial charge in [-0.25, -0.2) is 8.42 Å². The summed E-state index contributed by atoms with van der Waals surface area (Å²) in [5.41, 5.74) is -0.00909. The second-order valence-corrected chi connectivity index (χ2v) is 10.1. The first-order chi connectivity index (χ1) is 16.1. The third-order valence-electron chi connectivity index (χ3n) is 5.35. The molecule has 1 amide bonds. The van der Waals surface area contributed by atoms with Crippen LogP contribution in [-0.4, -0.2) is 48.7 Å². The number of para-hydroxylation sites is 1. The Kier molecular flexibility index (Phi) is 8.24. The third kappa shape index (κ3) is 6.10. The van der Waals surface area contributed by atoms with Crippen molar-refractivity contribution >= 4 is 44.9 Å². The number of ether oxygens (including phenoxy) is 1. The topological polar surface area (TPSA) is 136 Å². The van der Waals surface area contributed by atoms with E-state index in [4.69, 9.17) is 16.3 Å². The molecule has 1 N–H and O–H groups in total. The van der Waals surface area contributed by atoms with Crippen molar-refractivity contribution in [3.8, 4) is 0 Å². The number of rotatable bonds is 8. The van der Waals surface area contributed by atoms with Crippen molar-refractivity contribution < 1.29 is 27.7 Å². The van der Waals surface area contributed by atoms with Gasteiger partial charge in [0, 0.05) is 24.7 Å². The average molecular weight is 510 g/mol. The molecule has 0 aromatic heterocycles. The summed E-state index contributed by atoms with van der Waals surface area (Å²) in [5.74, 6) is -1.56. The zero-order valence-corrected chi connectivity index (χ0v) is 20.0. The molecular weight excluding hydrogens is 486 g/mol. The molecule has 3 rings (SSSR count). The number of amides is 1. The number of hydrogen-bond donors (Lipinski definition) is 1. The number of benzene rings is 2. The van der Waals surface area contributed by atoms with Crippen molar-refractivity contribution in [3.05, 3.63) is 63.2 Å². The van der Waals surface area contributed by atoms with Crippen molar-refractivity contribution in [2.75, 3.05) is 18.4 Å². The third-order valence-corrected chi connectivity index (χ3v) is 7.57. The molecule has 10 nitrogen and oxygen atoms in total. The van der Waals surface area contributed by atoms with E-state index in [2.05, 4.69) is 5.32 Å². The monoisotopic (exact) mass is 509 g/mol. The summed E-state index contributed by atoms with van der Waals surface area (Å²) in [6, 6.07) is 9.75. The number of sulfonamides is 1. The van der Waals surface area contributed by atoms with Crippen molar-refractivity contribution in [2.45, 2.75) is 43.6 Å². The van der Waals surface area contributed by atoms with Gasteiger partial charge in [-0.15, -0.1) is 0 Å². The summed E-state index contributed by atoms with van der Waals surface area (Å²) in [7, 11) is -3.74. The van der Waals surface area contributed by atoms with E-state index in [0.717, 1.165) is 19.3 Å². The number of nitrogens with one attached hydrogen (secondary N) is 1. The van der Waals surface area contributed by atoms with Crippen LogP contribution in [0.2, 0.25) is 5.02 Å². The molecule has 0 saturated carbocycles. The molecule has 34 heavy (non-hydrogen) atoms. The zero-order valence-electron chi connectivity index (χ0n) is 18.4. The van der Waals surface area contributed by atoms with Crippen LogP contribution in [0.5, 0.6) is 0 Å². The van der Waals surface area contributed by atoms with Crippen LogP contribution in [0.25, 0.3) is 0 Å². The van der Waals surface area contributed by atoms with Crippen LogP contribution >= 0.6 is 11.6 Å². The van der Waals surface area contributed by atoms with Crippen LogP contribution in [0.1, 0.15) is 31.7 Å². The zero-order chi connectivity index (χ0) is 24.9. The summed E-state index contributed by atoms with van der Waals surface area (Å²) >= 11 is 6.15. The van der Waals surface area contributed by atoms with Gasteiger partial charge in [0.15, 0.2) is 6.10 Å². The predicted molar refractivity (Wildman–Crippen MR) is 125 cm³/mol. The van der Waals surface area contributed by atoms with Gasteiger partial charge >= 0.3 is 5.97 Å². The molecule has 0 spiro atoms. The number of carbonyl (C=O) groups excluding carboxylic acids is 2. The Labute approximate surface area is 202 Å². The van der Waals surface area contributed by atoms with Gasteiger partial charge in [0.2, 0.25) is 10.0 Å².